The van der Waals surface area contributed by atoms with E-state index in [0.29, 0.717) is 23.7 Å². The van der Waals surface area contributed by atoms with Crippen molar-refractivity contribution < 1.29 is 21.9 Å². The predicted octanol–water partition coefficient (Wildman–Crippen LogP) is 3.72. The van der Waals surface area contributed by atoms with E-state index >= 15 is 0 Å². The highest BCUT2D eigenvalue weighted by Gasteiger charge is 2.25. The number of nitrogens with zero attached hydrogens (tertiary/aromatic N) is 3. The van der Waals surface area contributed by atoms with Crippen LogP contribution in [0.5, 0.6) is 11.8 Å². The summed E-state index contributed by atoms with van der Waals surface area (Å²) in [5.41, 5.74) is 0.420. The van der Waals surface area contributed by atoms with Crippen molar-refractivity contribution in [2.24, 2.45) is 0 Å². The monoisotopic (exact) mass is 422 g/mol. The summed E-state index contributed by atoms with van der Waals surface area (Å²) in [6, 6.07) is 8.34. The Morgan fingerprint density at radius 2 is 1.76 bits per heavy atom. The SMILES string of the molecule is CCn1c(Oc2ccc(F)cc2)nnc1[C@@H](C)NS(=O)(=O)c1cc(F)ccc1C. The molecule has 1 N–H and O–H groups in total. The van der Waals surface area contributed by atoms with Crippen LogP contribution in [0.15, 0.2) is 47.4 Å². The lowest BCUT2D eigenvalue weighted by Gasteiger charge is -2.16. The number of aryl methyl sites for hydroxylation is 1. The first-order valence-electron chi connectivity index (χ1n) is 8.86. The number of rotatable bonds is 7. The molecule has 0 spiro atoms. The molecule has 0 radical (unpaired) electrons. The highest BCUT2D eigenvalue weighted by Crippen LogP contribution is 2.25. The summed E-state index contributed by atoms with van der Waals surface area (Å²) in [7, 11) is -3.99. The summed E-state index contributed by atoms with van der Waals surface area (Å²) in [5.74, 6) is -0.355. The lowest BCUT2D eigenvalue weighted by molar-refractivity contribution is 0.407. The summed E-state index contributed by atoms with van der Waals surface area (Å²) in [5, 5.41) is 7.99. The third kappa shape index (κ3) is 4.60. The van der Waals surface area contributed by atoms with Crippen LogP contribution in [0.4, 0.5) is 8.78 Å². The second-order valence-corrected chi connectivity index (χ2v) is 8.08. The van der Waals surface area contributed by atoms with Gasteiger partial charge in [-0.1, -0.05) is 11.2 Å². The molecule has 3 aromatic rings. The van der Waals surface area contributed by atoms with Crippen molar-refractivity contribution in [3.63, 3.8) is 0 Å². The molecule has 0 saturated carbocycles. The van der Waals surface area contributed by atoms with Gasteiger partial charge in [-0.25, -0.2) is 21.9 Å². The molecule has 1 heterocycles. The molecule has 7 nitrogen and oxygen atoms in total. The molecule has 1 aromatic heterocycles. The molecular formula is C19H20F2N4O3S. The fourth-order valence-electron chi connectivity index (χ4n) is 2.81. The van der Waals surface area contributed by atoms with E-state index in [2.05, 4.69) is 14.9 Å². The molecule has 0 aliphatic carbocycles. The molecule has 2 aromatic carbocycles. The third-order valence-corrected chi connectivity index (χ3v) is 5.93. The Bertz CT molecular complexity index is 1110. The van der Waals surface area contributed by atoms with E-state index in [1.807, 2.05) is 6.92 Å². The molecule has 29 heavy (non-hydrogen) atoms. The van der Waals surface area contributed by atoms with E-state index in [9.17, 15) is 17.2 Å². The van der Waals surface area contributed by atoms with Gasteiger partial charge in [-0.15, -0.1) is 5.10 Å². The highest BCUT2D eigenvalue weighted by molar-refractivity contribution is 7.89. The van der Waals surface area contributed by atoms with E-state index < -0.39 is 27.7 Å². The van der Waals surface area contributed by atoms with Gasteiger partial charge in [-0.3, -0.25) is 4.57 Å². The van der Waals surface area contributed by atoms with Gasteiger partial charge in [-0.05, 0) is 62.7 Å². The van der Waals surface area contributed by atoms with Gasteiger partial charge in [0.25, 0.3) is 0 Å². The van der Waals surface area contributed by atoms with Gasteiger partial charge < -0.3 is 4.74 Å². The predicted molar refractivity (Wildman–Crippen MR) is 102 cm³/mol. The maximum atomic E-state index is 13.5. The molecular weight excluding hydrogens is 402 g/mol. The zero-order valence-corrected chi connectivity index (χ0v) is 16.9. The van der Waals surface area contributed by atoms with Crippen molar-refractivity contribution in [3.8, 4) is 11.8 Å². The largest absolute Gasteiger partial charge is 0.424 e. The van der Waals surface area contributed by atoms with Gasteiger partial charge in [0.15, 0.2) is 5.82 Å². The van der Waals surface area contributed by atoms with Crippen molar-refractivity contribution in [3.05, 3.63) is 65.5 Å². The lowest BCUT2D eigenvalue weighted by Crippen LogP contribution is -2.29. The highest BCUT2D eigenvalue weighted by atomic mass is 32.2. The van der Waals surface area contributed by atoms with Crippen molar-refractivity contribution in [2.75, 3.05) is 0 Å². The molecule has 0 aliphatic rings. The average Bonchev–Trinajstić information content (AvgIpc) is 3.08. The van der Waals surface area contributed by atoms with Crippen LogP contribution in [0.2, 0.25) is 0 Å². The molecule has 0 aliphatic heterocycles. The van der Waals surface area contributed by atoms with Crippen molar-refractivity contribution in [2.45, 2.75) is 38.3 Å². The first-order valence-corrected chi connectivity index (χ1v) is 10.3. The molecule has 3 rings (SSSR count). The van der Waals surface area contributed by atoms with Crippen LogP contribution >= 0.6 is 0 Å². The first-order chi connectivity index (χ1) is 13.7. The minimum absolute atomic E-state index is 0.141. The van der Waals surface area contributed by atoms with Crippen molar-refractivity contribution >= 4 is 10.0 Å². The molecule has 154 valence electrons. The molecule has 0 unspecified atom stereocenters. The lowest BCUT2D eigenvalue weighted by atomic mass is 10.2. The number of halogens is 2. The van der Waals surface area contributed by atoms with Gasteiger partial charge in [0.2, 0.25) is 10.0 Å². The van der Waals surface area contributed by atoms with E-state index in [1.165, 1.54) is 36.4 Å². The van der Waals surface area contributed by atoms with Crippen LogP contribution in [0.1, 0.15) is 31.3 Å². The number of ether oxygens (including phenoxy) is 1. The van der Waals surface area contributed by atoms with Crippen LogP contribution in [0, 0.1) is 18.6 Å². The van der Waals surface area contributed by atoms with Gasteiger partial charge >= 0.3 is 6.01 Å². The van der Waals surface area contributed by atoms with E-state index in [0.717, 1.165) is 6.07 Å². The minimum Gasteiger partial charge on any atom is -0.424 e. The Hall–Kier alpha value is -2.85. The average molecular weight is 422 g/mol. The fourth-order valence-corrected chi connectivity index (χ4v) is 4.27. The molecule has 1 atom stereocenters. The summed E-state index contributed by atoms with van der Waals surface area (Å²) >= 11 is 0. The van der Waals surface area contributed by atoms with Gasteiger partial charge in [-0.2, -0.15) is 0 Å². The molecule has 10 heteroatoms. The van der Waals surface area contributed by atoms with Gasteiger partial charge in [0.1, 0.15) is 17.4 Å². The summed E-state index contributed by atoms with van der Waals surface area (Å²) in [4.78, 5) is -0.144. The number of benzene rings is 2. The zero-order valence-electron chi connectivity index (χ0n) is 16.1. The Balaban J connectivity index is 1.85. The van der Waals surface area contributed by atoms with Crippen LogP contribution in [0.3, 0.4) is 0 Å². The topological polar surface area (TPSA) is 86.1 Å². The van der Waals surface area contributed by atoms with E-state index in [-0.39, 0.29) is 10.9 Å². The summed E-state index contributed by atoms with van der Waals surface area (Å²) < 4.78 is 61.7. The van der Waals surface area contributed by atoms with Crippen LogP contribution in [0.25, 0.3) is 0 Å². The smallest absolute Gasteiger partial charge is 0.322 e. The quantitative estimate of drug-likeness (QED) is 0.627. The molecule has 0 saturated heterocycles. The summed E-state index contributed by atoms with van der Waals surface area (Å²) in [6.45, 7) is 5.41. The third-order valence-electron chi connectivity index (χ3n) is 4.24. The first kappa shape index (κ1) is 20.9. The molecule has 0 bridgehead atoms. The van der Waals surface area contributed by atoms with Crippen molar-refractivity contribution in [1.29, 1.82) is 0 Å². The van der Waals surface area contributed by atoms with Gasteiger partial charge in [0.05, 0.1) is 10.9 Å². The maximum absolute atomic E-state index is 13.5. The molecule has 0 amide bonds. The van der Waals surface area contributed by atoms with E-state index in [1.54, 1.807) is 18.4 Å². The standard InChI is InChI=1S/C19H20F2N4O3S/c1-4-25-18(22-23-19(25)28-16-9-7-14(20)8-10-16)13(3)24-29(26,27)17-11-15(21)6-5-12(17)2/h5-11,13,24H,4H2,1-3H3/t13-/m1/s1. The zero-order chi connectivity index (χ0) is 21.2. The second-order valence-electron chi connectivity index (χ2n) is 6.39. The van der Waals surface area contributed by atoms with Crippen LogP contribution in [-0.2, 0) is 16.6 Å². The minimum atomic E-state index is -3.99. The van der Waals surface area contributed by atoms with Gasteiger partial charge in [0, 0.05) is 6.54 Å². The Kier molecular flexibility index (Phi) is 5.94. The number of hydrogen-bond donors (Lipinski definition) is 1. The Labute approximate surface area is 167 Å². The summed E-state index contributed by atoms with van der Waals surface area (Å²) in [6.07, 6.45) is 0. The molecule has 0 fully saturated rings. The van der Waals surface area contributed by atoms with Crippen LogP contribution in [-0.4, -0.2) is 23.2 Å². The Morgan fingerprint density at radius 3 is 2.41 bits per heavy atom. The second kappa shape index (κ2) is 8.26. The normalized spacial score (nSPS) is 12.7. The fraction of sp³-hybridized carbons (Fsp3) is 0.263. The maximum Gasteiger partial charge on any atom is 0.322 e. The Morgan fingerprint density at radius 1 is 1.10 bits per heavy atom. The number of hydrogen-bond acceptors (Lipinski definition) is 5. The number of nitrogens with one attached hydrogen (secondary N) is 1. The van der Waals surface area contributed by atoms with Crippen LogP contribution < -0.4 is 9.46 Å². The number of aromatic nitrogens is 3. The number of sulfonamides is 1. The van der Waals surface area contributed by atoms with Crippen molar-refractivity contribution in [1.82, 2.24) is 19.5 Å². The van der Waals surface area contributed by atoms with E-state index in [4.69, 9.17) is 4.74 Å².